The minimum atomic E-state index is -0.297. The van der Waals surface area contributed by atoms with Gasteiger partial charge >= 0.3 is 0 Å². The Morgan fingerprint density at radius 2 is 1.77 bits per heavy atom. The Morgan fingerprint density at radius 1 is 1.06 bits per heavy atom. The van der Waals surface area contributed by atoms with Gasteiger partial charge in [-0.05, 0) is 55.0 Å². The number of carbonyl (C=O) groups excluding carboxylic acids is 2. The van der Waals surface area contributed by atoms with Crippen LogP contribution in [0, 0.1) is 0 Å². The number of amides is 2. The largest absolute Gasteiger partial charge is 0.484 e. The second-order valence-electron chi connectivity index (χ2n) is 7.25. The molecule has 2 amide bonds. The molecule has 0 unspecified atom stereocenters. The van der Waals surface area contributed by atoms with Crippen LogP contribution in [0.2, 0.25) is 0 Å². The van der Waals surface area contributed by atoms with Gasteiger partial charge in [0.2, 0.25) is 11.7 Å². The molecule has 8 heteroatoms. The van der Waals surface area contributed by atoms with Crippen LogP contribution in [0.4, 0.5) is 5.69 Å². The summed E-state index contributed by atoms with van der Waals surface area (Å²) in [5, 5.41) is 6.74. The van der Waals surface area contributed by atoms with E-state index in [2.05, 4.69) is 22.4 Å². The second-order valence-corrected chi connectivity index (χ2v) is 7.25. The third-order valence-electron chi connectivity index (χ3n) is 4.52. The molecule has 1 aromatic heterocycles. The second kappa shape index (κ2) is 10.4. The lowest BCUT2D eigenvalue weighted by Crippen LogP contribution is -2.22. The van der Waals surface area contributed by atoms with Gasteiger partial charge in [0.15, 0.2) is 6.61 Å². The molecule has 162 valence electrons. The van der Waals surface area contributed by atoms with Crippen molar-refractivity contribution in [1.82, 2.24) is 15.0 Å². The summed E-state index contributed by atoms with van der Waals surface area (Å²) < 4.78 is 10.8. The number of hydrogen-bond donors (Lipinski definition) is 1. The fourth-order valence-corrected chi connectivity index (χ4v) is 2.80. The quantitative estimate of drug-likeness (QED) is 0.563. The lowest BCUT2D eigenvalue weighted by Gasteiger charge is -2.11. The van der Waals surface area contributed by atoms with E-state index in [0.29, 0.717) is 28.7 Å². The molecule has 0 spiro atoms. The van der Waals surface area contributed by atoms with Gasteiger partial charge in [0.25, 0.3) is 11.8 Å². The summed E-state index contributed by atoms with van der Waals surface area (Å²) >= 11 is 0. The SMILES string of the molecule is CCCCc1nc(-c2ccc(OCC(=O)Nc3ccc(C(=O)N(C)C)cc3)cc2)no1. The first kappa shape index (κ1) is 22.0. The molecule has 0 saturated heterocycles. The van der Waals surface area contributed by atoms with Crippen molar-refractivity contribution in [2.75, 3.05) is 26.0 Å². The Hall–Kier alpha value is -3.68. The van der Waals surface area contributed by atoms with Gasteiger partial charge in [0.1, 0.15) is 5.75 Å². The standard InChI is InChI=1S/C23H26N4O4/c1-4-5-6-21-25-22(26-31-21)16-9-13-19(14-10-16)30-15-20(28)24-18-11-7-17(8-12-18)23(29)27(2)3/h7-14H,4-6,15H2,1-3H3,(H,24,28). The molecular formula is C23H26N4O4. The molecular weight excluding hydrogens is 396 g/mol. The van der Waals surface area contributed by atoms with E-state index >= 15 is 0 Å². The highest BCUT2D eigenvalue weighted by Gasteiger charge is 2.10. The summed E-state index contributed by atoms with van der Waals surface area (Å²) in [6.45, 7) is 1.97. The van der Waals surface area contributed by atoms with Gasteiger partial charge in [-0.3, -0.25) is 9.59 Å². The average Bonchev–Trinajstić information content (AvgIpc) is 3.25. The minimum Gasteiger partial charge on any atom is -0.484 e. The predicted molar refractivity (Wildman–Crippen MR) is 117 cm³/mol. The molecule has 1 N–H and O–H groups in total. The maximum absolute atomic E-state index is 12.1. The summed E-state index contributed by atoms with van der Waals surface area (Å²) in [6.07, 6.45) is 2.85. The Balaban J connectivity index is 1.50. The third kappa shape index (κ3) is 6.15. The number of hydrogen-bond acceptors (Lipinski definition) is 6. The van der Waals surface area contributed by atoms with Crippen LogP contribution in [0.25, 0.3) is 11.4 Å². The molecule has 0 saturated carbocycles. The zero-order chi connectivity index (χ0) is 22.2. The van der Waals surface area contributed by atoms with Gasteiger partial charge in [-0.2, -0.15) is 4.98 Å². The highest BCUT2D eigenvalue weighted by molar-refractivity contribution is 5.95. The summed E-state index contributed by atoms with van der Waals surface area (Å²) in [4.78, 5) is 29.9. The van der Waals surface area contributed by atoms with Gasteiger partial charge in [0, 0.05) is 37.3 Å². The maximum atomic E-state index is 12.1. The van der Waals surface area contributed by atoms with E-state index in [4.69, 9.17) is 9.26 Å². The monoisotopic (exact) mass is 422 g/mol. The lowest BCUT2D eigenvalue weighted by molar-refractivity contribution is -0.118. The van der Waals surface area contributed by atoms with Crippen LogP contribution in [-0.4, -0.2) is 47.6 Å². The third-order valence-corrected chi connectivity index (χ3v) is 4.52. The number of carbonyl (C=O) groups is 2. The first-order valence-corrected chi connectivity index (χ1v) is 10.1. The molecule has 8 nitrogen and oxygen atoms in total. The highest BCUT2D eigenvalue weighted by Crippen LogP contribution is 2.20. The number of anilines is 1. The Labute approximate surface area is 181 Å². The normalized spacial score (nSPS) is 10.5. The fourth-order valence-electron chi connectivity index (χ4n) is 2.80. The van der Waals surface area contributed by atoms with Crippen LogP contribution in [0.3, 0.4) is 0 Å². The van der Waals surface area contributed by atoms with Gasteiger partial charge in [-0.15, -0.1) is 0 Å². The van der Waals surface area contributed by atoms with Crippen LogP contribution >= 0.6 is 0 Å². The van der Waals surface area contributed by atoms with Crippen molar-refractivity contribution in [2.45, 2.75) is 26.2 Å². The summed E-state index contributed by atoms with van der Waals surface area (Å²) in [5.74, 6) is 1.33. The lowest BCUT2D eigenvalue weighted by atomic mass is 10.2. The van der Waals surface area contributed by atoms with E-state index in [1.165, 1.54) is 4.90 Å². The minimum absolute atomic E-state index is 0.0948. The molecule has 0 aliphatic rings. The molecule has 0 aliphatic heterocycles. The van der Waals surface area contributed by atoms with Crippen molar-refractivity contribution < 1.29 is 18.8 Å². The number of ether oxygens (including phenoxy) is 1. The zero-order valence-corrected chi connectivity index (χ0v) is 17.9. The molecule has 2 aromatic carbocycles. The number of unbranched alkanes of at least 4 members (excludes halogenated alkanes) is 1. The first-order chi connectivity index (χ1) is 15.0. The van der Waals surface area contributed by atoms with E-state index in [1.807, 2.05) is 12.1 Å². The Bertz CT molecular complexity index is 1010. The number of nitrogens with one attached hydrogen (secondary N) is 1. The number of rotatable bonds is 9. The fraction of sp³-hybridized carbons (Fsp3) is 0.304. The van der Waals surface area contributed by atoms with E-state index in [9.17, 15) is 9.59 Å². The molecule has 3 aromatic rings. The molecule has 0 bridgehead atoms. The summed E-state index contributed by atoms with van der Waals surface area (Å²) in [6, 6.07) is 13.9. The Kier molecular flexibility index (Phi) is 7.37. The Morgan fingerprint density at radius 3 is 2.42 bits per heavy atom. The molecule has 0 radical (unpaired) electrons. The summed E-state index contributed by atoms with van der Waals surface area (Å²) in [5.41, 5.74) is 1.96. The van der Waals surface area contributed by atoms with Crippen molar-refractivity contribution in [3.63, 3.8) is 0 Å². The zero-order valence-electron chi connectivity index (χ0n) is 17.9. The van der Waals surface area contributed by atoms with E-state index in [0.717, 1.165) is 24.8 Å². The molecule has 0 fully saturated rings. The van der Waals surface area contributed by atoms with Crippen molar-refractivity contribution in [3.05, 3.63) is 60.0 Å². The first-order valence-electron chi connectivity index (χ1n) is 10.1. The van der Waals surface area contributed by atoms with Crippen LogP contribution in [0.15, 0.2) is 53.1 Å². The number of benzene rings is 2. The van der Waals surface area contributed by atoms with Gasteiger partial charge in [-0.25, -0.2) is 0 Å². The molecule has 31 heavy (non-hydrogen) atoms. The molecule has 1 heterocycles. The van der Waals surface area contributed by atoms with E-state index < -0.39 is 0 Å². The number of aromatic nitrogens is 2. The average molecular weight is 422 g/mol. The van der Waals surface area contributed by atoms with Gasteiger partial charge < -0.3 is 19.5 Å². The van der Waals surface area contributed by atoms with E-state index in [-0.39, 0.29) is 18.4 Å². The topological polar surface area (TPSA) is 97.6 Å². The van der Waals surface area contributed by atoms with Gasteiger partial charge in [-0.1, -0.05) is 18.5 Å². The van der Waals surface area contributed by atoms with Crippen LogP contribution in [0.1, 0.15) is 36.0 Å². The van der Waals surface area contributed by atoms with Crippen molar-refractivity contribution >= 4 is 17.5 Å². The van der Waals surface area contributed by atoms with Crippen LogP contribution in [-0.2, 0) is 11.2 Å². The smallest absolute Gasteiger partial charge is 0.262 e. The molecule has 0 atom stereocenters. The molecule has 0 aliphatic carbocycles. The predicted octanol–water partition coefficient (Wildman–Crippen LogP) is 3.80. The van der Waals surface area contributed by atoms with Crippen LogP contribution in [0.5, 0.6) is 5.75 Å². The summed E-state index contributed by atoms with van der Waals surface area (Å²) in [7, 11) is 3.38. The van der Waals surface area contributed by atoms with Crippen molar-refractivity contribution in [3.8, 4) is 17.1 Å². The van der Waals surface area contributed by atoms with Crippen molar-refractivity contribution in [1.29, 1.82) is 0 Å². The molecule has 3 rings (SSSR count). The number of aryl methyl sites for hydroxylation is 1. The highest BCUT2D eigenvalue weighted by atomic mass is 16.5. The van der Waals surface area contributed by atoms with E-state index in [1.54, 1.807) is 50.5 Å². The van der Waals surface area contributed by atoms with Gasteiger partial charge in [0.05, 0.1) is 0 Å². The number of nitrogens with zero attached hydrogens (tertiary/aromatic N) is 3. The maximum Gasteiger partial charge on any atom is 0.262 e. The van der Waals surface area contributed by atoms with Crippen LogP contribution < -0.4 is 10.1 Å². The van der Waals surface area contributed by atoms with Crippen molar-refractivity contribution in [2.24, 2.45) is 0 Å².